The van der Waals surface area contributed by atoms with E-state index in [2.05, 4.69) is 22.8 Å². The van der Waals surface area contributed by atoms with E-state index in [1.807, 2.05) is 12.4 Å². The Morgan fingerprint density at radius 3 is 3.44 bits per heavy atom. The molecule has 0 aromatic carbocycles. The van der Waals surface area contributed by atoms with Gasteiger partial charge in [-0.05, 0) is 19.0 Å². The van der Waals surface area contributed by atoms with Gasteiger partial charge in [-0.15, -0.1) is 0 Å². The second-order valence-electron chi connectivity index (χ2n) is 2.35. The zero-order valence-electron chi connectivity index (χ0n) is 5.12. The zero-order chi connectivity index (χ0) is 6.10. The third-order valence-corrected chi connectivity index (χ3v) is 1.73. The van der Waals surface area contributed by atoms with E-state index in [1.165, 1.54) is 0 Å². The molecule has 0 saturated heterocycles. The lowest BCUT2D eigenvalue weighted by atomic mass is 10.0. The summed E-state index contributed by atoms with van der Waals surface area (Å²) in [5.41, 5.74) is 0. The van der Waals surface area contributed by atoms with Gasteiger partial charge in [0.2, 0.25) is 0 Å². The van der Waals surface area contributed by atoms with E-state index < -0.39 is 0 Å². The number of rotatable bonds is 0. The Labute approximate surface area is 54.7 Å². The number of nitrogens with one attached hydrogen (secondary N) is 1. The summed E-state index contributed by atoms with van der Waals surface area (Å²) in [7, 11) is 0. The van der Waals surface area contributed by atoms with Gasteiger partial charge in [0.15, 0.2) is 0 Å². The first kappa shape index (κ1) is 5.03. The highest BCUT2D eigenvalue weighted by molar-refractivity contribution is 5.61. The fourth-order valence-electron chi connectivity index (χ4n) is 1.22. The van der Waals surface area contributed by atoms with Crippen LogP contribution in [0.1, 0.15) is 6.42 Å². The van der Waals surface area contributed by atoms with Gasteiger partial charge in [-0.3, -0.25) is 4.99 Å². The first-order chi connectivity index (χ1) is 4.47. The van der Waals surface area contributed by atoms with Gasteiger partial charge in [0.25, 0.3) is 0 Å². The first-order valence-electron chi connectivity index (χ1n) is 3.24. The maximum absolute atomic E-state index is 4.26. The van der Waals surface area contributed by atoms with Crippen molar-refractivity contribution < 1.29 is 0 Å². The van der Waals surface area contributed by atoms with Crippen molar-refractivity contribution in [3.8, 4) is 0 Å². The Hall–Kier alpha value is -0.790. The van der Waals surface area contributed by atoms with Gasteiger partial charge in [-0.2, -0.15) is 0 Å². The summed E-state index contributed by atoms with van der Waals surface area (Å²) in [6, 6.07) is 0. The topological polar surface area (TPSA) is 24.4 Å². The maximum Gasteiger partial charge on any atom is 0.124 e. The molecule has 2 nitrogen and oxygen atoms in total. The summed E-state index contributed by atoms with van der Waals surface area (Å²) >= 11 is 0. The molecule has 2 heteroatoms. The minimum atomic E-state index is 0.318. The molecule has 0 aromatic rings. The van der Waals surface area contributed by atoms with Crippen molar-refractivity contribution in [3.63, 3.8) is 0 Å². The van der Waals surface area contributed by atoms with Gasteiger partial charge in [0.1, 0.15) is 6.17 Å². The molecule has 0 bridgehead atoms. The van der Waals surface area contributed by atoms with Crippen LogP contribution in [-0.2, 0) is 0 Å². The van der Waals surface area contributed by atoms with Crippen molar-refractivity contribution in [2.24, 2.45) is 10.9 Å². The summed E-state index contributed by atoms with van der Waals surface area (Å²) < 4.78 is 0. The Kier molecular flexibility index (Phi) is 1.04. The van der Waals surface area contributed by atoms with Crippen LogP contribution in [0, 0.1) is 12.3 Å². The number of hydrogen-bond donors (Lipinski definition) is 1. The Bertz CT molecular complexity index is 160. The Balaban J connectivity index is 2.16. The molecule has 0 amide bonds. The van der Waals surface area contributed by atoms with Crippen LogP contribution in [0.15, 0.2) is 17.3 Å². The third kappa shape index (κ3) is 0.745. The van der Waals surface area contributed by atoms with Crippen LogP contribution in [0.4, 0.5) is 0 Å². The minimum Gasteiger partial charge on any atom is -0.370 e. The van der Waals surface area contributed by atoms with Gasteiger partial charge < -0.3 is 5.32 Å². The van der Waals surface area contributed by atoms with Crippen LogP contribution >= 0.6 is 0 Å². The average molecular weight is 121 g/mol. The second-order valence-corrected chi connectivity index (χ2v) is 2.35. The molecule has 0 spiro atoms. The third-order valence-electron chi connectivity index (χ3n) is 1.73. The summed E-state index contributed by atoms with van der Waals surface area (Å²) in [6.45, 7) is 0. The predicted octanol–water partition coefficient (Wildman–Crippen LogP) is 0.724. The monoisotopic (exact) mass is 121 g/mol. The van der Waals surface area contributed by atoms with Crippen LogP contribution < -0.4 is 5.32 Å². The van der Waals surface area contributed by atoms with Gasteiger partial charge in [0, 0.05) is 12.1 Å². The molecule has 2 aliphatic rings. The van der Waals surface area contributed by atoms with Crippen LogP contribution in [0.25, 0.3) is 0 Å². The van der Waals surface area contributed by atoms with E-state index in [-0.39, 0.29) is 0 Å². The molecule has 1 N–H and O–H groups in total. The SMILES string of the molecule is [CH]1CC=NC2NC=CC12. The molecule has 0 saturated carbocycles. The molecule has 47 valence electrons. The molecule has 0 aromatic heterocycles. The quantitative estimate of drug-likeness (QED) is 0.502. The van der Waals surface area contributed by atoms with E-state index in [9.17, 15) is 0 Å². The van der Waals surface area contributed by atoms with Gasteiger partial charge >= 0.3 is 0 Å². The summed E-state index contributed by atoms with van der Waals surface area (Å²) in [6.07, 6.45) is 9.71. The van der Waals surface area contributed by atoms with Crippen LogP contribution in [-0.4, -0.2) is 12.4 Å². The van der Waals surface area contributed by atoms with Crippen LogP contribution in [0.5, 0.6) is 0 Å². The number of aliphatic imine (C=N–C) groups is 1. The fraction of sp³-hybridized carbons (Fsp3) is 0.429. The van der Waals surface area contributed by atoms with Gasteiger partial charge in [-0.25, -0.2) is 0 Å². The highest BCUT2D eigenvalue weighted by Crippen LogP contribution is 2.20. The lowest BCUT2D eigenvalue weighted by molar-refractivity contribution is 0.532. The summed E-state index contributed by atoms with van der Waals surface area (Å²) in [5, 5.41) is 3.15. The van der Waals surface area contributed by atoms with Crippen LogP contribution in [0.3, 0.4) is 0 Å². The van der Waals surface area contributed by atoms with Gasteiger partial charge in [0.05, 0.1) is 0 Å². The predicted molar refractivity (Wildman–Crippen MR) is 37.0 cm³/mol. The number of nitrogens with zero attached hydrogens (tertiary/aromatic N) is 1. The molecule has 1 radical (unpaired) electrons. The first-order valence-corrected chi connectivity index (χ1v) is 3.24. The smallest absolute Gasteiger partial charge is 0.124 e. The molecule has 2 aliphatic heterocycles. The van der Waals surface area contributed by atoms with Crippen LogP contribution in [0.2, 0.25) is 0 Å². The molecule has 0 fully saturated rings. The summed E-state index contributed by atoms with van der Waals surface area (Å²) in [4.78, 5) is 4.26. The molecule has 9 heavy (non-hydrogen) atoms. The zero-order valence-corrected chi connectivity index (χ0v) is 5.12. The second kappa shape index (κ2) is 1.87. The molecule has 0 aliphatic carbocycles. The molecular formula is C7H9N2. The molecule has 2 unspecified atom stereocenters. The van der Waals surface area contributed by atoms with Crippen molar-refractivity contribution in [2.75, 3.05) is 0 Å². The number of fused-ring (bicyclic) bond motifs is 1. The Morgan fingerprint density at radius 1 is 1.56 bits per heavy atom. The maximum atomic E-state index is 4.26. The molecule has 2 atom stereocenters. The van der Waals surface area contributed by atoms with Crippen molar-refractivity contribution >= 4 is 6.21 Å². The minimum absolute atomic E-state index is 0.318. The lowest BCUT2D eigenvalue weighted by Gasteiger charge is -2.17. The van der Waals surface area contributed by atoms with E-state index in [0.717, 1.165) is 6.42 Å². The van der Waals surface area contributed by atoms with Crippen molar-refractivity contribution in [2.45, 2.75) is 12.6 Å². The largest absolute Gasteiger partial charge is 0.370 e. The van der Waals surface area contributed by atoms with Crippen molar-refractivity contribution in [1.29, 1.82) is 0 Å². The van der Waals surface area contributed by atoms with E-state index in [0.29, 0.717) is 12.1 Å². The van der Waals surface area contributed by atoms with Crippen molar-refractivity contribution in [3.05, 3.63) is 18.7 Å². The molecule has 2 heterocycles. The average Bonchev–Trinajstić information content (AvgIpc) is 2.33. The normalized spacial score (nSPS) is 38.2. The van der Waals surface area contributed by atoms with E-state index in [1.54, 1.807) is 0 Å². The van der Waals surface area contributed by atoms with Gasteiger partial charge in [-0.1, -0.05) is 6.08 Å². The standard InChI is InChI=1S/C7H9N2/c1-2-6-3-5-9-7(6)8-4-1/h2-7,9H,1H2. The highest BCUT2D eigenvalue weighted by Gasteiger charge is 2.22. The van der Waals surface area contributed by atoms with E-state index >= 15 is 0 Å². The highest BCUT2D eigenvalue weighted by atomic mass is 15.1. The summed E-state index contributed by atoms with van der Waals surface area (Å²) in [5.74, 6) is 0.551. The van der Waals surface area contributed by atoms with E-state index in [4.69, 9.17) is 0 Å². The fourth-order valence-corrected chi connectivity index (χ4v) is 1.22. The lowest BCUT2D eigenvalue weighted by Crippen LogP contribution is -2.27. The Morgan fingerprint density at radius 2 is 2.56 bits per heavy atom. The molecule has 2 rings (SSSR count). The number of hydrogen-bond acceptors (Lipinski definition) is 2. The molecular weight excluding hydrogens is 112 g/mol. The van der Waals surface area contributed by atoms with Crippen molar-refractivity contribution in [1.82, 2.24) is 5.32 Å².